The minimum Gasteiger partial charge on any atom is -0.313 e. The van der Waals surface area contributed by atoms with Gasteiger partial charge in [-0.25, -0.2) is 0 Å². The van der Waals surface area contributed by atoms with E-state index in [2.05, 4.69) is 48.1 Å². The van der Waals surface area contributed by atoms with Gasteiger partial charge in [0.1, 0.15) is 0 Å². The van der Waals surface area contributed by atoms with E-state index in [1.807, 2.05) is 0 Å². The molecule has 0 fully saturated rings. The van der Waals surface area contributed by atoms with E-state index in [0.29, 0.717) is 6.04 Å². The molecule has 1 aromatic heterocycles. The van der Waals surface area contributed by atoms with Crippen molar-refractivity contribution >= 4 is 11.3 Å². The fourth-order valence-corrected chi connectivity index (χ4v) is 2.05. The Kier molecular flexibility index (Phi) is 5.15. The predicted molar refractivity (Wildman–Crippen MR) is 64.0 cm³/mol. The molecule has 80 valence electrons. The minimum atomic E-state index is 0.574. The molecule has 1 heterocycles. The van der Waals surface area contributed by atoms with Crippen molar-refractivity contribution in [2.24, 2.45) is 0 Å². The Hall–Kier alpha value is -0.380. The lowest BCUT2D eigenvalue weighted by molar-refractivity contribution is 0.387. The third-order valence-electron chi connectivity index (χ3n) is 2.17. The number of hydrogen-bond donors (Lipinski definition) is 1. The molecule has 1 N–H and O–H groups in total. The third-order valence-corrected chi connectivity index (χ3v) is 2.91. The molecule has 0 saturated heterocycles. The van der Waals surface area contributed by atoms with Crippen LogP contribution in [0.4, 0.5) is 0 Å². The molecule has 1 atom stereocenters. The summed E-state index contributed by atoms with van der Waals surface area (Å²) in [6, 6.07) is 2.78. The predicted octanol–water partition coefficient (Wildman–Crippen LogP) is 1.83. The van der Waals surface area contributed by atoms with Crippen LogP contribution in [0.5, 0.6) is 0 Å². The van der Waals surface area contributed by atoms with Crippen LogP contribution >= 0.6 is 11.3 Å². The highest BCUT2D eigenvalue weighted by Gasteiger charge is 2.02. The maximum absolute atomic E-state index is 3.52. The van der Waals surface area contributed by atoms with Crippen molar-refractivity contribution in [2.75, 3.05) is 27.2 Å². The van der Waals surface area contributed by atoms with E-state index < -0.39 is 0 Å². The monoisotopic (exact) mass is 212 g/mol. The largest absolute Gasteiger partial charge is 0.313 e. The molecule has 0 radical (unpaired) electrons. The maximum atomic E-state index is 3.52. The van der Waals surface area contributed by atoms with Crippen LogP contribution in [0.15, 0.2) is 16.8 Å². The van der Waals surface area contributed by atoms with Gasteiger partial charge in [-0.15, -0.1) is 0 Å². The Balaban J connectivity index is 2.13. The molecule has 0 aliphatic heterocycles. The molecule has 2 nitrogen and oxygen atoms in total. The molecular formula is C11H20N2S. The second-order valence-electron chi connectivity index (χ2n) is 3.99. The van der Waals surface area contributed by atoms with Gasteiger partial charge in [0.15, 0.2) is 0 Å². The van der Waals surface area contributed by atoms with E-state index >= 15 is 0 Å². The molecule has 14 heavy (non-hydrogen) atoms. The standard InChI is InChI=1S/C11H20N2S/c1-10(12-5-6-13(2)3)8-11-4-7-14-9-11/h4,7,9-10,12H,5-6,8H2,1-3H3. The first kappa shape index (κ1) is 11.7. The van der Waals surface area contributed by atoms with Crippen LogP contribution in [0.25, 0.3) is 0 Å². The Morgan fingerprint density at radius 3 is 2.86 bits per heavy atom. The molecule has 0 aliphatic carbocycles. The van der Waals surface area contributed by atoms with E-state index in [1.54, 1.807) is 11.3 Å². The van der Waals surface area contributed by atoms with Gasteiger partial charge in [-0.3, -0.25) is 0 Å². The second-order valence-corrected chi connectivity index (χ2v) is 4.77. The number of likely N-dealkylation sites (N-methyl/N-ethyl adjacent to an activating group) is 1. The average Bonchev–Trinajstić information content (AvgIpc) is 2.56. The zero-order valence-electron chi connectivity index (χ0n) is 9.29. The van der Waals surface area contributed by atoms with Crippen LogP contribution in [0.3, 0.4) is 0 Å². The summed E-state index contributed by atoms with van der Waals surface area (Å²) in [5.41, 5.74) is 1.44. The third kappa shape index (κ3) is 4.74. The maximum Gasteiger partial charge on any atom is 0.0101 e. The number of nitrogens with zero attached hydrogens (tertiary/aromatic N) is 1. The van der Waals surface area contributed by atoms with E-state index in [9.17, 15) is 0 Å². The first-order valence-corrected chi connectivity index (χ1v) is 6.02. The summed E-state index contributed by atoms with van der Waals surface area (Å²) >= 11 is 1.77. The lowest BCUT2D eigenvalue weighted by atomic mass is 10.1. The van der Waals surface area contributed by atoms with Crippen LogP contribution in [0, 0.1) is 0 Å². The molecule has 0 aromatic carbocycles. The summed E-state index contributed by atoms with van der Waals surface area (Å²) in [7, 11) is 4.20. The van der Waals surface area contributed by atoms with Crippen molar-refractivity contribution in [3.63, 3.8) is 0 Å². The molecular weight excluding hydrogens is 192 g/mol. The summed E-state index contributed by atoms with van der Waals surface area (Å²) in [5, 5.41) is 7.88. The summed E-state index contributed by atoms with van der Waals surface area (Å²) in [4.78, 5) is 2.20. The first-order valence-electron chi connectivity index (χ1n) is 5.07. The molecule has 1 rings (SSSR count). The summed E-state index contributed by atoms with van der Waals surface area (Å²) < 4.78 is 0. The highest BCUT2D eigenvalue weighted by atomic mass is 32.1. The van der Waals surface area contributed by atoms with Crippen molar-refractivity contribution < 1.29 is 0 Å². The zero-order chi connectivity index (χ0) is 10.4. The molecule has 0 aliphatic rings. The van der Waals surface area contributed by atoms with Crippen LogP contribution in [0.2, 0.25) is 0 Å². The Morgan fingerprint density at radius 1 is 1.50 bits per heavy atom. The fraction of sp³-hybridized carbons (Fsp3) is 0.636. The van der Waals surface area contributed by atoms with Gasteiger partial charge in [-0.1, -0.05) is 0 Å². The molecule has 0 amide bonds. The topological polar surface area (TPSA) is 15.3 Å². The Labute approximate surface area is 90.9 Å². The van der Waals surface area contributed by atoms with Crippen molar-refractivity contribution in [3.8, 4) is 0 Å². The number of rotatable bonds is 6. The second kappa shape index (κ2) is 6.17. The van der Waals surface area contributed by atoms with Crippen molar-refractivity contribution in [3.05, 3.63) is 22.4 Å². The normalized spacial score (nSPS) is 13.4. The quantitative estimate of drug-likeness (QED) is 0.774. The Morgan fingerprint density at radius 2 is 2.29 bits per heavy atom. The average molecular weight is 212 g/mol. The molecule has 3 heteroatoms. The molecule has 1 aromatic rings. The molecule has 1 unspecified atom stereocenters. The molecule has 0 saturated carbocycles. The number of nitrogens with one attached hydrogen (secondary N) is 1. The van der Waals surface area contributed by atoms with Gasteiger partial charge in [-0.05, 0) is 49.8 Å². The van der Waals surface area contributed by atoms with Gasteiger partial charge in [0.25, 0.3) is 0 Å². The summed E-state index contributed by atoms with van der Waals surface area (Å²) in [6.45, 7) is 4.42. The lowest BCUT2D eigenvalue weighted by Gasteiger charge is -2.15. The van der Waals surface area contributed by atoms with E-state index in [-0.39, 0.29) is 0 Å². The van der Waals surface area contributed by atoms with Gasteiger partial charge in [-0.2, -0.15) is 11.3 Å². The number of hydrogen-bond acceptors (Lipinski definition) is 3. The van der Waals surface area contributed by atoms with Crippen molar-refractivity contribution in [1.29, 1.82) is 0 Å². The zero-order valence-corrected chi connectivity index (χ0v) is 10.1. The van der Waals surface area contributed by atoms with Gasteiger partial charge in [0, 0.05) is 19.1 Å². The van der Waals surface area contributed by atoms with Gasteiger partial charge >= 0.3 is 0 Å². The van der Waals surface area contributed by atoms with Crippen LogP contribution in [0.1, 0.15) is 12.5 Å². The van der Waals surface area contributed by atoms with Gasteiger partial charge < -0.3 is 10.2 Å². The van der Waals surface area contributed by atoms with Gasteiger partial charge in [0.2, 0.25) is 0 Å². The highest BCUT2D eigenvalue weighted by Crippen LogP contribution is 2.08. The van der Waals surface area contributed by atoms with Crippen LogP contribution < -0.4 is 5.32 Å². The number of thiophene rings is 1. The van der Waals surface area contributed by atoms with E-state index in [1.165, 1.54) is 5.56 Å². The van der Waals surface area contributed by atoms with Crippen molar-refractivity contribution in [2.45, 2.75) is 19.4 Å². The first-order chi connectivity index (χ1) is 6.68. The van der Waals surface area contributed by atoms with Crippen LogP contribution in [-0.4, -0.2) is 38.1 Å². The van der Waals surface area contributed by atoms with E-state index in [4.69, 9.17) is 0 Å². The van der Waals surface area contributed by atoms with E-state index in [0.717, 1.165) is 19.5 Å². The lowest BCUT2D eigenvalue weighted by Crippen LogP contribution is -2.34. The minimum absolute atomic E-state index is 0.574. The van der Waals surface area contributed by atoms with Crippen LogP contribution in [-0.2, 0) is 6.42 Å². The SMILES string of the molecule is CC(Cc1ccsc1)NCCN(C)C. The molecule has 0 spiro atoms. The highest BCUT2D eigenvalue weighted by molar-refractivity contribution is 7.07. The fourth-order valence-electron chi connectivity index (χ4n) is 1.37. The summed E-state index contributed by atoms with van der Waals surface area (Å²) in [5.74, 6) is 0. The van der Waals surface area contributed by atoms with Crippen molar-refractivity contribution in [1.82, 2.24) is 10.2 Å². The summed E-state index contributed by atoms with van der Waals surface area (Å²) in [6.07, 6.45) is 1.14. The van der Waals surface area contributed by atoms with Gasteiger partial charge in [0.05, 0.1) is 0 Å². The molecule has 0 bridgehead atoms. The smallest absolute Gasteiger partial charge is 0.0101 e. The Bertz CT molecular complexity index is 231.